The molecule has 0 radical (unpaired) electrons. The van der Waals surface area contributed by atoms with Crippen LogP contribution in [0, 0.1) is 13.8 Å². The minimum atomic E-state index is -0.472. The molecule has 0 unspecified atom stereocenters. The van der Waals surface area contributed by atoms with Crippen molar-refractivity contribution in [2.24, 2.45) is 0 Å². The zero-order valence-electron chi connectivity index (χ0n) is 22.1. The highest BCUT2D eigenvalue weighted by atomic mass is 32.2. The van der Waals surface area contributed by atoms with Crippen LogP contribution in [-0.2, 0) is 22.7 Å². The van der Waals surface area contributed by atoms with Crippen LogP contribution in [0.15, 0.2) is 71.7 Å². The monoisotopic (exact) mass is 562 g/mol. The van der Waals surface area contributed by atoms with Crippen LogP contribution in [0.2, 0.25) is 0 Å². The topological polar surface area (TPSA) is 95.3 Å². The average molecular weight is 563 g/mol. The molecule has 0 fully saturated rings. The summed E-state index contributed by atoms with van der Waals surface area (Å²) in [5.41, 5.74) is 4.16. The number of carbonyl (C=O) groups excluding carboxylic acids is 2. The number of allylic oxidation sites excluding steroid dienone is 1. The van der Waals surface area contributed by atoms with Gasteiger partial charge >= 0.3 is 5.97 Å². The lowest BCUT2D eigenvalue weighted by Gasteiger charge is -2.11. The van der Waals surface area contributed by atoms with Crippen molar-refractivity contribution in [3.05, 3.63) is 89.1 Å². The summed E-state index contributed by atoms with van der Waals surface area (Å²) in [4.78, 5) is 25.7. The minimum absolute atomic E-state index is 0.0774. The highest BCUT2D eigenvalue weighted by Gasteiger charge is 2.23. The van der Waals surface area contributed by atoms with Crippen LogP contribution in [-0.4, -0.2) is 39.0 Å². The number of rotatable bonds is 12. The Kier molecular flexibility index (Phi) is 9.56. The molecule has 8 nitrogen and oxygen atoms in total. The van der Waals surface area contributed by atoms with Gasteiger partial charge < -0.3 is 14.8 Å². The van der Waals surface area contributed by atoms with Crippen molar-refractivity contribution in [1.82, 2.24) is 14.8 Å². The summed E-state index contributed by atoms with van der Waals surface area (Å²) in [5.74, 6) is 0.750. The Morgan fingerprint density at radius 3 is 2.67 bits per heavy atom. The molecule has 39 heavy (non-hydrogen) atoms. The second-order valence-electron chi connectivity index (χ2n) is 8.63. The standard InChI is InChI=1S/C29H30N4O4S2/c1-5-14-33-24(16-37-23-13-12-19(3)15-20(23)4)31-32-29(33)39-18-25(34)30-27-26(28(35)36-6-2)22(17-38-27)21-10-8-7-9-11-21/h5,7-13,15,17H,1,6,14,16,18H2,2-4H3,(H,30,34). The summed E-state index contributed by atoms with van der Waals surface area (Å²) in [5, 5.41) is 14.3. The van der Waals surface area contributed by atoms with E-state index in [0.717, 1.165) is 22.4 Å². The van der Waals surface area contributed by atoms with Crippen molar-refractivity contribution in [3.8, 4) is 16.9 Å². The molecule has 0 saturated carbocycles. The Morgan fingerprint density at radius 1 is 1.15 bits per heavy atom. The van der Waals surface area contributed by atoms with E-state index in [1.807, 2.05) is 66.3 Å². The fourth-order valence-corrected chi connectivity index (χ4v) is 5.67. The molecule has 1 N–H and O–H groups in total. The Balaban J connectivity index is 1.45. The largest absolute Gasteiger partial charge is 0.485 e. The summed E-state index contributed by atoms with van der Waals surface area (Å²) in [7, 11) is 0. The number of aryl methyl sites for hydroxylation is 2. The van der Waals surface area contributed by atoms with Gasteiger partial charge in [0, 0.05) is 17.5 Å². The van der Waals surface area contributed by atoms with Gasteiger partial charge in [-0.05, 0) is 38.0 Å². The fourth-order valence-electron chi connectivity index (χ4n) is 3.93. The maximum atomic E-state index is 12.9. The second kappa shape index (κ2) is 13.3. The van der Waals surface area contributed by atoms with E-state index in [1.165, 1.54) is 28.7 Å². The smallest absolute Gasteiger partial charge is 0.341 e. The van der Waals surface area contributed by atoms with E-state index in [4.69, 9.17) is 9.47 Å². The molecule has 0 aliphatic rings. The first kappa shape index (κ1) is 28.1. The Labute approximate surface area is 236 Å². The maximum Gasteiger partial charge on any atom is 0.341 e. The lowest BCUT2D eigenvalue weighted by molar-refractivity contribution is -0.113. The van der Waals surface area contributed by atoms with Crippen LogP contribution < -0.4 is 10.1 Å². The third kappa shape index (κ3) is 6.96. The molecule has 202 valence electrons. The van der Waals surface area contributed by atoms with Crippen LogP contribution in [0.25, 0.3) is 11.1 Å². The van der Waals surface area contributed by atoms with Gasteiger partial charge in [-0.2, -0.15) is 0 Å². The summed E-state index contributed by atoms with van der Waals surface area (Å²) in [6.45, 7) is 10.6. The number of amides is 1. The number of nitrogens with one attached hydrogen (secondary N) is 1. The number of thioether (sulfide) groups is 1. The highest BCUT2D eigenvalue weighted by Crippen LogP contribution is 2.36. The number of benzene rings is 2. The number of thiophene rings is 1. The molecule has 0 atom stereocenters. The van der Waals surface area contributed by atoms with Gasteiger partial charge in [-0.15, -0.1) is 28.1 Å². The van der Waals surface area contributed by atoms with Crippen LogP contribution in [0.3, 0.4) is 0 Å². The van der Waals surface area contributed by atoms with Gasteiger partial charge in [0.25, 0.3) is 0 Å². The quantitative estimate of drug-likeness (QED) is 0.123. The molecule has 0 saturated heterocycles. The summed E-state index contributed by atoms with van der Waals surface area (Å²) < 4.78 is 13.1. The SMILES string of the molecule is C=CCn1c(COc2ccc(C)cc2C)nnc1SCC(=O)Nc1scc(-c2ccccc2)c1C(=O)OCC. The molecule has 2 heterocycles. The molecular weight excluding hydrogens is 532 g/mol. The molecule has 0 bridgehead atoms. The van der Waals surface area contributed by atoms with Gasteiger partial charge in [0.05, 0.1) is 12.4 Å². The summed E-state index contributed by atoms with van der Waals surface area (Å²) in [6, 6.07) is 15.5. The molecule has 4 rings (SSSR count). The van der Waals surface area contributed by atoms with Crippen molar-refractivity contribution < 1.29 is 19.1 Å². The molecule has 1 amide bonds. The highest BCUT2D eigenvalue weighted by molar-refractivity contribution is 7.99. The molecule has 2 aromatic heterocycles. The first-order chi connectivity index (χ1) is 18.9. The van der Waals surface area contributed by atoms with Crippen molar-refractivity contribution in [2.75, 3.05) is 17.7 Å². The lowest BCUT2D eigenvalue weighted by atomic mass is 10.0. The fraction of sp³-hybridized carbons (Fsp3) is 0.241. The van der Waals surface area contributed by atoms with Crippen LogP contribution in [0.5, 0.6) is 5.75 Å². The van der Waals surface area contributed by atoms with Crippen molar-refractivity contribution >= 4 is 40.0 Å². The van der Waals surface area contributed by atoms with Crippen molar-refractivity contribution in [2.45, 2.75) is 39.1 Å². The second-order valence-corrected chi connectivity index (χ2v) is 10.5. The van der Waals surface area contributed by atoms with E-state index in [1.54, 1.807) is 13.0 Å². The van der Waals surface area contributed by atoms with Gasteiger partial charge in [-0.25, -0.2) is 4.79 Å². The number of nitrogens with zero attached hydrogens (tertiary/aromatic N) is 3. The van der Waals surface area contributed by atoms with Gasteiger partial charge in [-0.1, -0.05) is 65.9 Å². The molecule has 4 aromatic rings. The van der Waals surface area contributed by atoms with Gasteiger partial charge in [-0.3, -0.25) is 9.36 Å². The maximum absolute atomic E-state index is 12.9. The predicted octanol–water partition coefficient (Wildman–Crippen LogP) is 6.30. The van der Waals surface area contributed by atoms with E-state index >= 15 is 0 Å². The number of hydrogen-bond donors (Lipinski definition) is 1. The molecule has 0 aliphatic heterocycles. The molecule has 10 heteroatoms. The zero-order chi connectivity index (χ0) is 27.8. The Morgan fingerprint density at radius 2 is 1.95 bits per heavy atom. The number of carbonyl (C=O) groups is 2. The average Bonchev–Trinajstić information content (AvgIpc) is 3.52. The van der Waals surface area contributed by atoms with E-state index in [-0.39, 0.29) is 24.9 Å². The molecule has 0 aliphatic carbocycles. The van der Waals surface area contributed by atoms with Crippen LogP contribution in [0.1, 0.15) is 34.2 Å². The van der Waals surface area contributed by atoms with E-state index in [0.29, 0.717) is 28.1 Å². The molecule has 0 spiro atoms. The van der Waals surface area contributed by atoms with E-state index in [2.05, 4.69) is 28.2 Å². The number of hydrogen-bond acceptors (Lipinski definition) is 8. The van der Waals surface area contributed by atoms with E-state index < -0.39 is 5.97 Å². The first-order valence-corrected chi connectivity index (χ1v) is 14.3. The number of esters is 1. The molecule has 2 aromatic carbocycles. The molecular formula is C29H30N4O4S2. The zero-order valence-corrected chi connectivity index (χ0v) is 23.7. The predicted molar refractivity (Wildman–Crippen MR) is 156 cm³/mol. The van der Waals surface area contributed by atoms with Gasteiger partial charge in [0.1, 0.15) is 22.9 Å². The number of aromatic nitrogens is 3. The Bertz CT molecular complexity index is 1460. The Hall–Kier alpha value is -3.89. The third-order valence-corrected chi connectivity index (χ3v) is 7.60. The minimum Gasteiger partial charge on any atom is -0.485 e. The van der Waals surface area contributed by atoms with Gasteiger partial charge in [0.15, 0.2) is 11.0 Å². The lowest BCUT2D eigenvalue weighted by Crippen LogP contribution is -2.17. The van der Waals surface area contributed by atoms with E-state index in [9.17, 15) is 9.59 Å². The number of ether oxygens (including phenoxy) is 2. The van der Waals surface area contributed by atoms with Crippen LogP contribution in [0.4, 0.5) is 5.00 Å². The third-order valence-electron chi connectivity index (χ3n) is 5.73. The van der Waals surface area contributed by atoms with Gasteiger partial charge in [0.2, 0.25) is 5.91 Å². The summed E-state index contributed by atoms with van der Waals surface area (Å²) >= 11 is 2.54. The number of anilines is 1. The van der Waals surface area contributed by atoms with Crippen LogP contribution >= 0.6 is 23.1 Å². The van der Waals surface area contributed by atoms with Crippen molar-refractivity contribution in [1.29, 1.82) is 0 Å². The normalized spacial score (nSPS) is 10.7. The first-order valence-electron chi connectivity index (χ1n) is 12.4. The summed E-state index contributed by atoms with van der Waals surface area (Å²) in [6.07, 6.45) is 1.75. The van der Waals surface area contributed by atoms with Crippen molar-refractivity contribution in [3.63, 3.8) is 0 Å².